The molecule has 2 aromatic carbocycles. The summed E-state index contributed by atoms with van der Waals surface area (Å²) in [5.74, 6) is -0.500. The van der Waals surface area contributed by atoms with Gasteiger partial charge in [0, 0.05) is 23.6 Å². The van der Waals surface area contributed by atoms with Crippen molar-refractivity contribution < 1.29 is 9.90 Å². The predicted molar refractivity (Wildman–Crippen MR) is 89.9 cm³/mol. The zero-order valence-corrected chi connectivity index (χ0v) is 12.7. The summed E-state index contributed by atoms with van der Waals surface area (Å²) in [6, 6.07) is 15.7. The average molecular weight is 307 g/mol. The van der Waals surface area contributed by atoms with E-state index in [4.69, 9.17) is 5.26 Å². The minimum Gasteiger partial charge on any atom is -0.508 e. The smallest absolute Gasteiger partial charge is 0.267 e. The molecule has 3 N–H and O–H groups in total. The summed E-state index contributed by atoms with van der Waals surface area (Å²) in [5.41, 5.74) is 2.31. The van der Waals surface area contributed by atoms with Crippen LogP contribution in [-0.2, 0) is 11.2 Å². The number of benzene rings is 2. The fourth-order valence-electron chi connectivity index (χ4n) is 2.05. The molecule has 5 heteroatoms. The van der Waals surface area contributed by atoms with Crippen molar-refractivity contribution in [3.05, 3.63) is 65.9 Å². The Balaban J connectivity index is 2.12. The molecular formula is C18H17N3O2. The highest BCUT2D eigenvalue weighted by molar-refractivity contribution is 6.06. The van der Waals surface area contributed by atoms with Crippen LogP contribution >= 0.6 is 0 Å². The van der Waals surface area contributed by atoms with Crippen LogP contribution in [0.2, 0.25) is 0 Å². The SMILES string of the molecule is CCc1ccccc1N/C=C(/C#N)C(=O)Nc1cccc(O)c1. The zero-order chi connectivity index (χ0) is 16.7. The van der Waals surface area contributed by atoms with Gasteiger partial charge in [0.1, 0.15) is 17.4 Å². The number of anilines is 2. The van der Waals surface area contributed by atoms with Crippen molar-refractivity contribution in [1.29, 1.82) is 5.26 Å². The molecule has 0 aliphatic heterocycles. The molecule has 5 nitrogen and oxygen atoms in total. The average Bonchev–Trinajstić information content (AvgIpc) is 2.55. The Hall–Kier alpha value is -3.26. The van der Waals surface area contributed by atoms with Gasteiger partial charge in [0.05, 0.1) is 0 Å². The summed E-state index contributed by atoms with van der Waals surface area (Å²) in [6.45, 7) is 2.03. The van der Waals surface area contributed by atoms with Crippen molar-refractivity contribution >= 4 is 17.3 Å². The van der Waals surface area contributed by atoms with Gasteiger partial charge >= 0.3 is 0 Å². The number of phenolic OH excluding ortho intramolecular Hbond substituents is 1. The molecule has 0 saturated heterocycles. The van der Waals surface area contributed by atoms with E-state index in [-0.39, 0.29) is 11.3 Å². The first kappa shape index (κ1) is 16.1. The number of amides is 1. The van der Waals surface area contributed by atoms with E-state index in [1.54, 1.807) is 12.1 Å². The number of aryl methyl sites for hydroxylation is 1. The highest BCUT2D eigenvalue weighted by Gasteiger charge is 2.10. The van der Waals surface area contributed by atoms with Crippen LogP contribution in [0.15, 0.2) is 60.3 Å². The van der Waals surface area contributed by atoms with Crippen molar-refractivity contribution in [2.75, 3.05) is 10.6 Å². The summed E-state index contributed by atoms with van der Waals surface area (Å²) >= 11 is 0. The highest BCUT2D eigenvalue weighted by atomic mass is 16.3. The fraction of sp³-hybridized carbons (Fsp3) is 0.111. The summed E-state index contributed by atoms with van der Waals surface area (Å²) in [7, 11) is 0. The Morgan fingerprint density at radius 2 is 2.04 bits per heavy atom. The van der Waals surface area contributed by atoms with E-state index in [0.29, 0.717) is 5.69 Å². The van der Waals surface area contributed by atoms with Crippen LogP contribution in [0.3, 0.4) is 0 Å². The maximum atomic E-state index is 12.1. The second kappa shape index (κ2) is 7.66. The standard InChI is InChI=1S/C18H17N3O2/c1-2-13-6-3-4-9-17(13)20-12-14(11-19)18(23)21-15-7-5-8-16(22)10-15/h3-10,12,20,22H,2H2,1H3,(H,21,23)/b14-12-. The minimum absolute atomic E-state index is 0.0419. The number of carbonyl (C=O) groups excluding carboxylic acids is 1. The normalized spacial score (nSPS) is 10.7. The van der Waals surface area contributed by atoms with Gasteiger partial charge in [0.25, 0.3) is 5.91 Å². The summed E-state index contributed by atoms with van der Waals surface area (Å²) < 4.78 is 0. The van der Waals surface area contributed by atoms with Gasteiger partial charge in [0.2, 0.25) is 0 Å². The minimum atomic E-state index is -0.542. The fourth-order valence-corrected chi connectivity index (χ4v) is 2.05. The first-order chi connectivity index (χ1) is 11.1. The van der Waals surface area contributed by atoms with Gasteiger partial charge in [-0.2, -0.15) is 5.26 Å². The van der Waals surface area contributed by atoms with Crippen molar-refractivity contribution in [2.45, 2.75) is 13.3 Å². The topological polar surface area (TPSA) is 85.2 Å². The number of nitrogens with zero attached hydrogens (tertiary/aromatic N) is 1. The summed E-state index contributed by atoms with van der Waals surface area (Å²) in [4.78, 5) is 12.1. The molecule has 2 aromatic rings. The summed E-state index contributed by atoms with van der Waals surface area (Å²) in [6.07, 6.45) is 2.22. The zero-order valence-electron chi connectivity index (χ0n) is 12.7. The Bertz CT molecular complexity index is 776. The molecular weight excluding hydrogens is 290 g/mol. The number of para-hydroxylation sites is 1. The van der Waals surface area contributed by atoms with Crippen molar-refractivity contribution in [2.24, 2.45) is 0 Å². The molecule has 0 bridgehead atoms. The Labute approximate surface area is 134 Å². The van der Waals surface area contributed by atoms with E-state index in [9.17, 15) is 9.90 Å². The number of phenols is 1. The van der Waals surface area contributed by atoms with E-state index < -0.39 is 5.91 Å². The molecule has 2 rings (SSSR count). The first-order valence-electron chi connectivity index (χ1n) is 7.19. The predicted octanol–water partition coefficient (Wildman–Crippen LogP) is 3.41. The van der Waals surface area contributed by atoms with Gasteiger partial charge < -0.3 is 15.7 Å². The van der Waals surface area contributed by atoms with Crippen LogP contribution in [0, 0.1) is 11.3 Å². The molecule has 116 valence electrons. The van der Waals surface area contributed by atoms with Gasteiger partial charge in [-0.25, -0.2) is 0 Å². The number of nitrogens with one attached hydrogen (secondary N) is 2. The van der Waals surface area contributed by atoms with E-state index in [1.165, 1.54) is 18.3 Å². The number of carbonyl (C=O) groups is 1. The lowest BCUT2D eigenvalue weighted by Gasteiger charge is -2.08. The molecule has 23 heavy (non-hydrogen) atoms. The maximum Gasteiger partial charge on any atom is 0.267 e. The Morgan fingerprint density at radius 1 is 1.26 bits per heavy atom. The second-order valence-corrected chi connectivity index (χ2v) is 4.83. The van der Waals surface area contributed by atoms with E-state index >= 15 is 0 Å². The molecule has 0 spiro atoms. The van der Waals surface area contributed by atoms with Crippen molar-refractivity contribution in [3.8, 4) is 11.8 Å². The molecule has 0 aliphatic carbocycles. The number of nitriles is 1. The number of aromatic hydroxyl groups is 1. The van der Waals surface area contributed by atoms with Gasteiger partial charge in [-0.1, -0.05) is 31.2 Å². The lowest BCUT2D eigenvalue weighted by Crippen LogP contribution is -2.14. The molecule has 0 heterocycles. The van der Waals surface area contributed by atoms with Gasteiger partial charge in [0.15, 0.2) is 0 Å². The molecule has 0 aliphatic rings. The largest absolute Gasteiger partial charge is 0.508 e. The lowest BCUT2D eigenvalue weighted by molar-refractivity contribution is -0.112. The molecule has 0 atom stereocenters. The maximum absolute atomic E-state index is 12.1. The van der Waals surface area contributed by atoms with E-state index in [1.807, 2.05) is 37.3 Å². The van der Waals surface area contributed by atoms with Crippen LogP contribution < -0.4 is 10.6 Å². The van der Waals surface area contributed by atoms with Crippen molar-refractivity contribution in [3.63, 3.8) is 0 Å². The third-order valence-corrected chi connectivity index (χ3v) is 3.24. The number of hydrogen-bond acceptors (Lipinski definition) is 4. The molecule has 1 amide bonds. The van der Waals surface area contributed by atoms with Gasteiger partial charge in [-0.15, -0.1) is 0 Å². The molecule has 0 unspecified atom stereocenters. The third kappa shape index (κ3) is 4.35. The lowest BCUT2D eigenvalue weighted by atomic mass is 10.1. The van der Waals surface area contributed by atoms with Crippen LogP contribution in [-0.4, -0.2) is 11.0 Å². The Kier molecular flexibility index (Phi) is 5.37. The van der Waals surface area contributed by atoms with Crippen LogP contribution in [0.4, 0.5) is 11.4 Å². The molecule has 0 saturated carbocycles. The number of hydrogen-bond donors (Lipinski definition) is 3. The Morgan fingerprint density at radius 3 is 2.74 bits per heavy atom. The molecule has 0 aromatic heterocycles. The first-order valence-corrected chi connectivity index (χ1v) is 7.19. The highest BCUT2D eigenvalue weighted by Crippen LogP contribution is 2.17. The van der Waals surface area contributed by atoms with Gasteiger partial charge in [-0.3, -0.25) is 4.79 Å². The van der Waals surface area contributed by atoms with Crippen LogP contribution in [0.1, 0.15) is 12.5 Å². The molecule has 0 radical (unpaired) electrons. The third-order valence-electron chi connectivity index (χ3n) is 3.24. The van der Waals surface area contributed by atoms with E-state index in [0.717, 1.165) is 17.7 Å². The number of rotatable bonds is 5. The van der Waals surface area contributed by atoms with Crippen molar-refractivity contribution in [1.82, 2.24) is 0 Å². The van der Waals surface area contributed by atoms with Crippen LogP contribution in [0.5, 0.6) is 5.75 Å². The second-order valence-electron chi connectivity index (χ2n) is 4.83. The monoisotopic (exact) mass is 307 g/mol. The quantitative estimate of drug-likeness (QED) is 0.583. The van der Waals surface area contributed by atoms with E-state index in [2.05, 4.69) is 10.6 Å². The van der Waals surface area contributed by atoms with Crippen LogP contribution in [0.25, 0.3) is 0 Å². The summed E-state index contributed by atoms with van der Waals surface area (Å²) in [5, 5.41) is 24.1. The molecule has 0 fully saturated rings. The van der Waals surface area contributed by atoms with Gasteiger partial charge in [-0.05, 0) is 30.2 Å².